The van der Waals surface area contributed by atoms with Crippen molar-refractivity contribution in [2.24, 2.45) is 0 Å². The van der Waals surface area contributed by atoms with E-state index < -0.39 is 37.8 Å². The normalized spacial score (nSPS) is 13.5. The largest absolute Gasteiger partial charge is 0.317 e. The Morgan fingerprint density at radius 3 is 1.69 bits per heavy atom. The first-order chi connectivity index (χ1) is 5.69. The average Bonchev–Trinajstić information content (AvgIpc) is 1.81. The monoisotopic (exact) mass is 235 g/mol. The van der Waals surface area contributed by atoms with Crippen molar-refractivity contribution in [1.82, 2.24) is 5.48 Å². The molecule has 8 nitrogen and oxygen atoms in total. The third-order valence-electron chi connectivity index (χ3n) is 1.16. The van der Waals surface area contributed by atoms with E-state index in [0.717, 1.165) is 0 Å². The molecule has 0 aromatic heterocycles. The second-order valence-electron chi connectivity index (χ2n) is 2.16. The summed E-state index contributed by atoms with van der Waals surface area (Å²) in [6, 6.07) is 0. The van der Waals surface area contributed by atoms with Gasteiger partial charge in [0.05, 0.1) is 0 Å². The topological polar surface area (TPSA) is 141 Å². The standard InChI is InChI=1S/C3H9NO7S2/c5-4-2-1-3(12(6,7)8)13(9,10)11/h3-5H,1-2H2,(H,6,7,8)(H,9,10,11). The Balaban J connectivity index is 4.81. The average molecular weight is 235 g/mol. The summed E-state index contributed by atoms with van der Waals surface area (Å²) in [5.41, 5.74) is 1.49. The molecule has 0 heterocycles. The number of rotatable bonds is 5. The summed E-state index contributed by atoms with van der Waals surface area (Å²) >= 11 is 0. The van der Waals surface area contributed by atoms with Crippen molar-refractivity contribution in [3.05, 3.63) is 0 Å². The van der Waals surface area contributed by atoms with Crippen LogP contribution < -0.4 is 5.48 Å². The summed E-state index contributed by atoms with van der Waals surface area (Å²) in [7, 11) is -9.77. The number of nitrogens with one attached hydrogen (secondary N) is 1. The van der Waals surface area contributed by atoms with Gasteiger partial charge in [-0.15, -0.1) is 0 Å². The van der Waals surface area contributed by atoms with Crippen LogP contribution >= 0.6 is 0 Å². The third kappa shape index (κ3) is 4.50. The fraction of sp³-hybridized carbons (Fsp3) is 1.00. The molecule has 0 atom stereocenters. The highest BCUT2D eigenvalue weighted by molar-refractivity contribution is 8.03. The summed E-state index contributed by atoms with van der Waals surface area (Å²) in [4.78, 5) is 0. The number of hydrogen-bond donors (Lipinski definition) is 4. The Bertz CT molecular complexity index is 310. The second-order valence-corrected chi connectivity index (χ2v) is 5.65. The van der Waals surface area contributed by atoms with E-state index in [-0.39, 0.29) is 0 Å². The van der Waals surface area contributed by atoms with E-state index in [9.17, 15) is 16.8 Å². The van der Waals surface area contributed by atoms with E-state index in [0.29, 0.717) is 0 Å². The van der Waals surface area contributed by atoms with Crippen molar-refractivity contribution < 1.29 is 31.1 Å². The highest BCUT2D eigenvalue weighted by atomic mass is 32.3. The van der Waals surface area contributed by atoms with Crippen LogP contribution in [0.1, 0.15) is 6.42 Å². The van der Waals surface area contributed by atoms with Crippen LogP contribution in [0.3, 0.4) is 0 Å². The molecule has 0 aromatic carbocycles. The van der Waals surface area contributed by atoms with Crippen molar-refractivity contribution in [2.75, 3.05) is 6.54 Å². The highest BCUT2D eigenvalue weighted by Gasteiger charge is 2.34. The smallest absolute Gasteiger partial charge is 0.284 e. The minimum Gasteiger partial charge on any atom is -0.317 e. The van der Waals surface area contributed by atoms with E-state index in [1.54, 1.807) is 0 Å². The lowest BCUT2D eigenvalue weighted by molar-refractivity contribution is 0.166. The fourth-order valence-electron chi connectivity index (χ4n) is 0.634. The summed E-state index contributed by atoms with van der Waals surface area (Å²) in [6.45, 7) is -0.399. The van der Waals surface area contributed by atoms with E-state index in [2.05, 4.69) is 0 Å². The first-order valence-corrected chi connectivity index (χ1v) is 6.00. The zero-order valence-corrected chi connectivity index (χ0v) is 7.92. The molecule has 10 heteroatoms. The molecule has 4 N–H and O–H groups in total. The highest BCUT2D eigenvalue weighted by Crippen LogP contribution is 2.10. The van der Waals surface area contributed by atoms with Gasteiger partial charge in [-0.2, -0.15) is 16.8 Å². The van der Waals surface area contributed by atoms with E-state index in [4.69, 9.17) is 14.3 Å². The summed E-state index contributed by atoms with van der Waals surface area (Å²) < 4.78 is 56.0. The van der Waals surface area contributed by atoms with Crippen LogP contribution in [0.5, 0.6) is 0 Å². The molecular weight excluding hydrogens is 226 g/mol. The van der Waals surface area contributed by atoms with Gasteiger partial charge >= 0.3 is 0 Å². The van der Waals surface area contributed by atoms with Crippen LogP contribution in [0, 0.1) is 0 Å². The lowest BCUT2D eigenvalue weighted by atomic mass is 10.5. The van der Waals surface area contributed by atoms with E-state index in [1.807, 2.05) is 0 Å². The van der Waals surface area contributed by atoms with E-state index in [1.165, 1.54) is 5.48 Å². The summed E-state index contributed by atoms with van der Waals surface area (Å²) in [5.74, 6) is 0. The Morgan fingerprint density at radius 2 is 1.46 bits per heavy atom. The molecule has 0 amide bonds. The first kappa shape index (κ1) is 12.7. The van der Waals surface area contributed by atoms with Crippen LogP contribution in [0.15, 0.2) is 0 Å². The SMILES string of the molecule is O=S(=O)(O)C(CCNO)S(=O)(=O)O. The van der Waals surface area contributed by atoms with Gasteiger partial charge in [-0.05, 0) is 6.42 Å². The zero-order chi connectivity index (χ0) is 10.7. The van der Waals surface area contributed by atoms with Gasteiger partial charge in [-0.1, -0.05) is 0 Å². The Hall–Kier alpha value is -0.260. The Morgan fingerprint density at radius 1 is 1.08 bits per heavy atom. The maximum Gasteiger partial charge on any atom is 0.284 e. The predicted molar refractivity (Wildman–Crippen MR) is 41.3 cm³/mol. The quantitative estimate of drug-likeness (QED) is 0.332. The number of hydroxylamine groups is 1. The first-order valence-electron chi connectivity index (χ1n) is 2.99. The van der Waals surface area contributed by atoms with Crippen LogP contribution in [0.2, 0.25) is 0 Å². The van der Waals surface area contributed by atoms with Gasteiger partial charge in [0.1, 0.15) is 0 Å². The molecule has 0 unspecified atom stereocenters. The Labute approximate surface area is 75.0 Å². The molecule has 13 heavy (non-hydrogen) atoms. The van der Waals surface area contributed by atoms with Crippen LogP contribution in [-0.2, 0) is 20.2 Å². The second kappa shape index (κ2) is 4.30. The van der Waals surface area contributed by atoms with Gasteiger partial charge < -0.3 is 5.21 Å². The molecule has 80 valence electrons. The molecule has 0 saturated heterocycles. The molecule has 0 bridgehead atoms. The molecule has 0 rings (SSSR count). The molecule has 0 radical (unpaired) electrons. The number of hydrogen-bond acceptors (Lipinski definition) is 6. The molecular formula is C3H9NO7S2. The summed E-state index contributed by atoms with van der Waals surface area (Å²) in [6.07, 6.45) is -0.659. The lowest BCUT2D eigenvalue weighted by Crippen LogP contribution is -2.32. The van der Waals surface area contributed by atoms with Crippen molar-refractivity contribution in [1.29, 1.82) is 0 Å². The van der Waals surface area contributed by atoms with E-state index >= 15 is 0 Å². The summed E-state index contributed by atoms with van der Waals surface area (Å²) in [5, 5.41) is 8.04. The molecule has 0 fully saturated rings. The fourth-order valence-corrected chi connectivity index (χ4v) is 2.69. The molecule has 0 aliphatic heterocycles. The maximum absolute atomic E-state index is 10.4. The van der Waals surface area contributed by atoms with Gasteiger partial charge in [0, 0.05) is 6.54 Å². The van der Waals surface area contributed by atoms with Crippen LogP contribution in [0.25, 0.3) is 0 Å². The van der Waals surface area contributed by atoms with Crippen LogP contribution in [0.4, 0.5) is 0 Å². The van der Waals surface area contributed by atoms with Gasteiger partial charge in [-0.3, -0.25) is 9.11 Å². The molecule has 0 aliphatic carbocycles. The van der Waals surface area contributed by atoms with Crippen molar-refractivity contribution >= 4 is 20.2 Å². The van der Waals surface area contributed by atoms with Gasteiger partial charge in [-0.25, -0.2) is 5.48 Å². The molecule has 0 aliphatic rings. The molecule has 0 spiro atoms. The molecule has 0 saturated carbocycles. The van der Waals surface area contributed by atoms with Crippen molar-refractivity contribution in [2.45, 2.75) is 11.0 Å². The molecule has 0 aromatic rings. The van der Waals surface area contributed by atoms with Gasteiger partial charge in [0.2, 0.25) is 4.58 Å². The van der Waals surface area contributed by atoms with Crippen molar-refractivity contribution in [3.63, 3.8) is 0 Å². The minimum atomic E-state index is -4.88. The van der Waals surface area contributed by atoms with Gasteiger partial charge in [0.25, 0.3) is 20.2 Å². The minimum absolute atomic E-state index is 0.399. The van der Waals surface area contributed by atoms with Crippen molar-refractivity contribution in [3.8, 4) is 0 Å². The third-order valence-corrected chi connectivity index (χ3v) is 4.42. The predicted octanol–water partition coefficient (Wildman–Crippen LogP) is -1.54. The lowest BCUT2D eigenvalue weighted by Gasteiger charge is -2.08. The van der Waals surface area contributed by atoms with Crippen LogP contribution in [-0.4, -0.2) is 42.3 Å². The zero-order valence-electron chi connectivity index (χ0n) is 6.28. The Kier molecular flexibility index (Phi) is 4.22. The maximum atomic E-state index is 10.4. The van der Waals surface area contributed by atoms with Gasteiger partial charge in [0.15, 0.2) is 0 Å².